The number of nitrogens with zero attached hydrogens (tertiary/aromatic N) is 3. The number of carbonyl (C=O) groups is 8. The number of rotatable bonds is 44. The van der Waals surface area contributed by atoms with Gasteiger partial charge in [-0.3, -0.25) is 53.3 Å². The van der Waals surface area contributed by atoms with E-state index in [9.17, 15) is 24.0 Å². The van der Waals surface area contributed by atoms with Crippen LogP contribution < -0.4 is 83.1 Å². The second-order valence-corrected chi connectivity index (χ2v) is 24.1. The Hall–Kier alpha value is -10.2. The van der Waals surface area contributed by atoms with E-state index in [1.54, 1.807) is 18.6 Å². The minimum absolute atomic E-state index is 0.0360. The first kappa shape index (κ1) is 74.8. The van der Waals surface area contributed by atoms with Gasteiger partial charge in [0.25, 0.3) is 0 Å². The molecule has 3 heterocycles. The smallest absolute Gasteiger partial charge is 0.243 e. The van der Waals surface area contributed by atoms with Gasteiger partial charge in [0.05, 0.1) is 6.04 Å². The van der Waals surface area contributed by atoms with Crippen molar-refractivity contribution >= 4 is 97.8 Å². The number of aliphatic imine (C=N–C) groups is 3. The molecule has 26 N–H and O–H groups in total. The van der Waals surface area contributed by atoms with Gasteiger partial charge in [0.1, 0.15) is 36.3 Å². The van der Waals surface area contributed by atoms with E-state index in [1.165, 1.54) is 19.3 Å². The van der Waals surface area contributed by atoms with Crippen molar-refractivity contribution in [1.29, 1.82) is 0 Å². The van der Waals surface area contributed by atoms with Gasteiger partial charge < -0.3 is 98.0 Å². The highest BCUT2D eigenvalue weighted by molar-refractivity contribution is 5.99. The molecular formula is C67H99N21O8. The third-order valence-electron chi connectivity index (χ3n) is 16.6. The second-order valence-electron chi connectivity index (χ2n) is 24.1. The quantitative estimate of drug-likeness (QED) is 0.0146. The summed E-state index contributed by atoms with van der Waals surface area (Å²) in [6.45, 7) is 2.83. The molecule has 0 radical (unpaired) electrons. The van der Waals surface area contributed by atoms with Crippen LogP contribution in [0.1, 0.15) is 133 Å². The minimum atomic E-state index is -1.46. The summed E-state index contributed by atoms with van der Waals surface area (Å²) in [5, 5.41) is 22.2. The molecule has 96 heavy (non-hydrogen) atoms. The summed E-state index contributed by atoms with van der Waals surface area (Å²) in [6.07, 6.45) is 14.6. The Morgan fingerprint density at radius 1 is 0.396 bits per heavy atom. The molecule has 7 atom stereocenters. The first-order valence-corrected chi connectivity index (χ1v) is 33.2. The van der Waals surface area contributed by atoms with Crippen LogP contribution in [0, 0.1) is 0 Å². The number of aromatic nitrogens is 3. The van der Waals surface area contributed by atoms with Crippen molar-refractivity contribution in [3.8, 4) is 0 Å². The molecule has 0 saturated carbocycles. The first-order valence-electron chi connectivity index (χ1n) is 33.2. The fourth-order valence-electron chi connectivity index (χ4n) is 11.3. The van der Waals surface area contributed by atoms with E-state index in [0.29, 0.717) is 48.9 Å². The fourth-order valence-corrected chi connectivity index (χ4v) is 11.3. The van der Waals surface area contributed by atoms with Gasteiger partial charge in [-0.2, -0.15) is 0 Å². The van der Waals surface area contributed by atoms with Crippen molar-refractivity contribution in [2.75, 3.05) is 26.2 Å². The number of guanidine groups is 3. The highest BCUT2D eigenvalue weighted by Gasteiger charge is 2.35. The predicted molar refractivity (Wildman–Crippen MR) is 374 cm³/mol. The van der Waals surface area contributed by atoms with Crippen LogP contribution in [0.25, 0.3) is 32.7 Å². The van der Waals surface area contributed by atoms with Crippen LogP contribution in [0.3, 0.4) is 0 Å². The van der Waals surface area contributed by atoms with E-state index < -0.39 is 83.6 Å². The number of hydrogen-bond donors (Lipinski definition) is 18. The van der Waals surface area contributed by atoms with Crippen molar-refractivity contribution < 1.29 is 38.4 Å². The lowest BCUT2D eigenvalue weighted by molar-refractivity contribution is -0.135. The number of nitrogens with two attached hydrogens (primary N) is 8. The van der Waals surface area contributed by atoms with Crippen LogP contribution in [0.2, 0.25) is 0 Å². The Bertz CT molecular complexity index is 3600. The number of fused-ring (bicyclic) bond motifs is 3. The summed E-state index contributed by atoms with van der Waals surface area (Å²) in [5.74, 6) is -6.02. The van der Waals surface area contributed by atoms with Crippen LogP contribution in [0.15, 0.2) is 106 Å². The van der Waals surface area contributed by atoms with E-state index in [-0.39, 0.29) is 101 Å². The fraction of sp³-hybridized carbons (Fsp3) is 0.478. The summed E-state index contributed by atoms with van der Waals surface area (Å²) in [5.41, 5.74) is 50.1. The van der Waals surface area contributed by atoms with Crippen LogP contribution in [0.4, 0.5) is 0 Å². The van der Waals surface area contributed by atoms with Gasteiger partial charge in [-0.1, -0.05) is 100 Å². The standard InChI is InChI=1S/C67H99N21O8/c1-2-3-4-5-6-7-8-30-57(89)76-31-16-15-27-51(58(69)90)83-62(94)55(36-42-39-81-49-25-13-10-21-45(42)49)87-60(92)53(29-19-34-79-67(74)75)85-64(96)56(37-43-40-82-50-26-14-11-22-46(43)50)88-61(93)52(28-18-33-78-66(72)73)84-63(95)54(35-41-38-80-48-24-12-9-20-44(41)48)86-59(91)47(68)23-17-32-77-65(70)71/h9-14,20-22,24-26,38-40,47,51-56,80-82H,2-8,15-19,23,27-37,68H2,1H3,(H2,69,90)(H,76,89)(H,83,94)(H,84,95)(H,85,96)(H,86,91)(H,87,92)(H,88,93)(H4,70,71,77)(H4,72,73,78)(H4,74,75,79)/t47-,51+,52+,53+,54+,55+,56+/m1/s1. The molecule has 0 saturated heterocycles. The number of H-pyrrole nitrogens is 3. The molecule has 6 rings (SSSR count). The predicted octanol–water partition coefficient (Wildman–Crippen LogP) is 1.47. The summed E-state index contributed by atoms with van der Waals surface area (Å²) in [4.78, 5) is 136. The average molecular weight is 1330 g/mol. The molecule has 0 bridgehead atoms. The number of nitrogens with one attached hydrogen (secondary N) is 10. The molecule has 0 fully saturated rings. The third-order valence-corrected chi connectivity index (χ3v) is 16.6. The molecule has 8 amide bonds. The highest BCUT2D eigenvalue weighted by atomic mass is 16.2. The molecule has 6 aromatic rings. The normalized spacial score (nSPS) is 13.4. The maximum atomic E-state index is 15.3. The number of primary amides is 1. The lowest BCUT2D eigenvalue weighted by atomic mass is 10.0. The van der Waals surface area contributed by atoms with Gasteiger partial charge in [0.15, 0.2) is 17.9 Å². The summed E-state index contributed by atoms with van der Waals surface area (Å²) >= 11 is 0. The van der Waals surface area contributed by atoms with Gasteiger partial charge in [-0.15, -0.1) is 0 Å². The maximum absolute atomic E-state index is 15.3. The Morgan fingerprint density at radius 3 is 1.15 bits per heavy atom. The lowest BCUT2D eigenvalue weighted by Crippen LogP contribution is -2.60. The molecule has 0 unspecified atom stereocenters. The maximum Gasteiger partial charge on any atom is 0.243 e. The number of para-hydroxylation sites is 3. The summed E-state index contributed by atoms with van der Waals surface area (Å²) in [6, 6.07) is 12.9. The van der Waals surface area contributed by atoms with Gasteiger partial charge >= 0.3 is 0 Å². The van der Waals surface area contributed by atoms with Crippen molar-refractivity contribution in [3.63, 3.8) is 0 Å². The number of hydrogen-bond acceptors (Lipinski definition) is 12. The van der Waals surface area contributed by atoms with Crippen molar-refractivity contribution in [1.82, 2.24) is 52.2 Å². The number of carbonyl (C=O) groups excluding carboxylic acids is 8. The van der Waals surface area contributed by atoms with Crippen molar-refractivity contribution in [2.24, 2.45) is 60.8 Å². The van der Waals surface area contributed by atoms with Gasteiger partial charge in [-0.05, 0) is 99.1 Å². The van der Waals surface area contributed by atoms with Crippen molar-refractivity contribution in [3.05, 3.63) is 108 Å². The molecule has 0 aliphatic rings. The largest absolute Gasteiger partial charge is 0.370 e. The van der Waals surface area contributed by atoms with Gasteiger partial charge in [0, 0.05) is 103 Å². The zero-order chi connectivity index (χ0) is 69.4. The Balaban J connectivity index is 1.27. The lowest BCUT2D eigenvalue weighted by Gasteiger charge is -2.28. The molecule has 29 heteroatoms. The van der Waals surface area contributed by atoms with Crippen LogP contribution in [-0.2, 0) is 57.6 Å². The molecule has 29 nitrogen and oxygen atoms in total. The molecule has 3 aromatic heterocycles. The summed E-state index contributed by atoms with van der Waals surface area (Å²) in [7, 11) is 0. The van der Waals surface area contributed by atoms with E-state index in [1.807, 2.05) is 72.8 Å². The molecule has 0 aliphatic carbocycles. The second kappa shape index (κ2) is 39.5. The van der Waals surface area contributed by atoms with E-state index in [2.05, 4.69) is 74.1 Å². The van der Waals surface area contributed by atoms with Gasteiger partial charge in [0.2, 0.25) is 47.3 Å². The van der Waals surface area contributed by atoms with Crippen LogP contribution in [-0.4, -0.2) is 149 Å². The highest BCUT2D eigenvalue weighted by Crippen LogP contribution is 2.23. The number of benzene rings is 3. The number of unbranched alkanes of at least 4 members (excludes halogenated alkanes) is 7. The molecule has 0 spiro atoms. The van der Waals surface area contributed by atoms with Crippen LogP contribution in [0.5, 0.6) is 0 Å². The Morgan fingerprint density at radius 2 is 0.740 bits per heavy atom. The zero-order valence-corrected chi connectivity index (χ0v) is 54.9. The van der Waals surface area contributed by atoms with Crippen molar-refractivity contribution in [2.45, 2.75) is 178 Å². The summed E-state index contributed by atoms with van der Waals surface area (Å²) < 4.78 is 0. The van der Waals surface area contributed by atoms with E-state index in [4.69, 9.17) is 45.9 Å². The monoisotopic (exact) mass is 1330 g/mol. The topological polar surface area (TPSA) is 513 Å². The van der Waals surface area contributed by atoms with E-state index >= 15 is 14.4 Å². The molecule has 0 aliphatic heterocycles. The molecular weight excluding hydrogens is 1230 g/mol. The minimum Gasteiger partial charge on any atom is -0.370 e. The third kappa shape index (κ3) is 24.9. The average Bonchev–Trinajstić information content (AvgIpc) is 1.65. The number of amides is 8. The SMILES string of the molecule is CCCCCCCCCC(=O)NCCCC[C@H](NC(=O)[C@H](Cc1c[nH]c2ccccc12)NC(=O)[C@H](CCCN=C(N)N)NC(=O)[C@H](Cc1c[nH]c2ccccc12)NC(=O)[C@H](CCCN=C(N)N)NC(=O)[C@H](Cc1c[nH]c2ccccc12)NC(=O)[C@H](N)CCCN=C(N)N)C(N)=O. The first-order chi connectivity index (χ1) is 46.2. The molecule has 3 aromatic carbocycles. The molecule has 520 valence electrons. The Kier molecular flexibility index (Phi) is 30.8. The van der Waals surface area contributed by atoms with Crippen LogP contribution >= 0.6 is 0 Å². The zero-order valence-electron chi connectivity index (χ0n) is 54.9. The number of aromatic amines is 3. The van der Waals surface area contributed by atoms with Gasteiger partial charge in [-0.25, -0.2) is 0 Å². The van der Waals surface area contributed by atoms with E-state index in [0.717, 1.165) is 58.4 Å². The Labute approximate surface area is 558 Å².